The van der Waals surface area contributed by atoms with Crippen LogP contribution in [0.5, 0.6) is 0 Å². The quantitative estimate of drug-likeness (QED) is 0.173. The summed E-state index contributed by atoms with van der Waals surface area (Å²) in [6, 6.07) is 50.6. The second-order valence-electron chi connectivity index (χ2n) is 13.2. The molecule has 6 aromatic carbocycles. The molecule has 9 aromatic rings. The van der Waals surface area contributed by atoms with Gasteiger partial charge in [-0.05, 0) is 109 Å². The lowest BCUT2D eigenvalue weighted by atomic mass is 10.00. The highest BCUT2D eigenvalue weighted by atomic mass is 15.0. The first-order chi connectivity index (χ1) is 24.6. The molecule has 3 heterocycles. The fraction of sp³-hybridized carbons (Fsp3) is 0.130. The van der Waals surface area contributed by atoms with Crippen LogP contribution in [-0.2, 0) is 12.8 Å². The molecule has 0 saturated carbocycles. The lowest BCUT2D eigenvalue weighted by Crippen LogP contribution is -2.05. The van der Waals surface area contributed by atoms with E-state index in [0.29, 0.717) is 0 Å². The van der Waals surface area contributed by atoms with E-state index in [2.05, 4.69) is 169 Å². The topological polar surface area (TPSA) is 35.6 Å². The van der Waals surface area contributed by atoms with Crippen LogP contribution in [0.2, 0.25) is 0 Å². The Bertz CT molecular complexity index is 2700. The van der Waals surface area contributed by atoms with Crippen LogP contribution in [0.3, 0.4) is 0 Å². The van der Waals surface area contributed by atoms with Crippen molar-refractivity contribution in [3.05, 3.63) is 156 Å². The van der Waals surface area contributed by atoms with Crippen LogP contribution in [-0.4, -0.2) is 19.1 Å². The molecule has 4 heteroatoms. The molecule has 242 valence electrons. The molecule has 0 aliphatic carbocycles. The van der Waals surface area contributed by atoms with E-state index < -0.39 is 0 Å². The highest BCUT2D eigenvalue weighted by Crippen LogP contribution is 2.39. The number of aromatic nitrogens is 4. The molecule has 0 aliphatic rings. The van der Waals surface area contributed by atoms with E-state index in [1.54, 1.807) is 0 Å². The number of hydrogen-bond donors (Lipinski definition) is 0. The minimum absolute atomic E-state index is 0.807. The highest BCUT2D eigenvalue weighted by molar-refractivity contribution is 6.13. The van der Waals surface area contributed by atoms with Gasteiger partial charge in [0.25, 0.3) is 0 Å². The molecule has 0 atom stereocenters. The smallest absolute Gasteiger partial charge is 0.159 e. The first-order valence-electron chi connectivity index (χ1n) is 17.7. The fourth-order valence-corrected chi connectivity index (χ4v) is 7.89. The maximum Gasteiger partial charge on any atom is 0.159 e. The third-order valence-electron chi connectivity index (χ3n) is 10.2. The third-order valence-corrected chi connectivity index (χ3v) is 10.2. The molecular formula is C46H38N4. The van der Waals surface area contributed by atoms with Gasteiger partial charge in [0.1, 0.15) is 0 Å². The Kier molecular flexibility index (Phi) is 7.31. The molecule has 4 nitrogen and oxygen atoms in total. The second-order valence-corrected chi connectivity index (χ2v) is 13.2. The Balaban J connectivity index is 1.25. The van der Waals surface area contributed by atoms with Gasteiger partial charge in [-0.2, -0.15) is 0 Å². The Morgan fingerprint density at radius 2 is 0.960 bits per heavy atom. The lowest BCUT2D eigenvalue weighted by molar-refractivity contribution is 0.836. The normalized spacial score (nSPS) is 11.7. The van der Waals surface area contributed by atoms with Crippen molar-refractivity contribution in [3.8, 4) is 33.9 Å². The molecule has 0 saturated heterocycles. The summed E-state index contributed by atoms with van der Waals surface area (Å²) >= 11 is 0. The van der Waals surface area contributed by atoms with Crippen LogP contribution in [0.25, 0.3) is 77.5 Å². The van der Waals surface area contributed by atoms with Crippen molar-refractivity contribution in [2.24, 2.45) is 0 Å². The summed E-state index contributed by atoms with van der Waals surface area (Å²) in [7, 11) is 0. The molecule has 9 rings (SSSR count). The van der Waals surface area contributed by atoms with Crippen molar-refractivity contribution in [2.75, 3.05) is 0 Å². The van der Waals surface area contributed by atoms with Crippen LogP contribution in [0, 0.1) is 6.92 Å². The van der Waals surface area contributed by atoms with Crippen molar-refractivity contribution in [2.45, 2.75) is 40.0 Å². The molecule has 0 amide bonds. The van der Waals surface area contributed by atoms with E-state index in [9.17, 15) is 0 Å². The van der Waals surface area contributed by atoms with E-state index in [0.717, 1.165) is 42.0 Å². The van der Waals surface area contributed by atoms with Gasteiger partial charge in [-0.15, -0.1) is 0 Å². The molecule has 0 unspecified atom stereocenters. The monoisotopic (exact) mass is 646 g/mol. The Hall–Kier alpha value is -6.00. The Morgan fingerprint density at radius 1 is 0.480 bits per heavy atom. The predicted octanol–water partition coefficient (Wildman–Crippen LogP) is 11.8. The number of fused-ring (bicyclic) bond motifs is 6. The summed E-state index contributed by atoms with van der Waals surface area (Å²) in [5.74, 6) is 0.807. The van der Waals surface area contributed by atoms with E-state index >= 15 is 0 Å². The highest BCUT2D eigenvalue weighted by Gasteiger charge is 2.18. The third kappa shape index (κ3) is 4.82. The fourth-order valence-electron chi connectivity index (χ4n) is 7.89. The van der Waals surface area contributed by atoms with Gasteiger partial charge in [-0.1, -0.05) is 87.0 Å². The van der Waals surface area contributed by atoms with Gasteiger partial charge < -0.3 is 9.13 Å². The number of nitrogens with zero attached hydrogens (tertiary/aromatic N) is 4. The van der Waals surface area contributed by atoms with Gasteiger partial charge in [0.05, 0.1) is 22.1 Å². The van der Waals surface area contributed by atoms with Crippen molar-refractivity contribution in [1.82, 2.24) is 19.1 Å². The van der Waals surface area contributed by atoms with Crippen LogP contribution >= 0.6 is 0 Å². The van der Waals surface area contributed by atoms with Crippen LogP contribution < -0.4 is 0 Å². The number of aryl methyl sites for hydroxylation is 2. The molecule has 0 spiro atoms. The summed E-state index contributed by atoms with van der Waals surface area (Å²) in [6.07, 6.45) is 2.98. The van der Waals surface area contributed by atoms with E-state index in [1.165, 1.54) is 71.7 Å². The summed E-state index contributed by atoms with van der Waals surface area (Å²) < 4.78 is 4.75. The molecule has 0 fully saturated rings. The predicted molar refractivity (Wildman–Crippen MR) is 210 cm³/mol. The average Bonchev–Trinajstić information content (AvgIpc) is 3.67. The molecule has 0 bridgehead atoms. The van der Waals surface area contributed by atoms with Gasteiger partial charge in [-0.25, -0.2) is 9.97 Å². The second kappa shape index (κ2) is 12.2. The minimum atomic E-state index is 0.807. The maximum atomic E-state index is 5.14. The summed E-state index contributed by atoms with van der Waals surface area (Å²) in [6.45, 7) is 6.55. The minimum Gasteiger partial charge on any atom is -0.309 e. The zero-order valence-corrected chi connectivity index (χ0v) is 28.7. The van der Waals surface area contributed by atoms with Crippen molar-refractivity contribution < 1.29 is 0 Å². The van der Waals surface area contributed by atoms with Crippen molar-refractivity contribution >= 4 is 43.6 Å². The van der Waals surface area contributed by atoms with Gasteiger partial charge in [0, 0.05) is 49.9 Å². The first kappa shape index (κ1) is 30.1. The van der Waals surface area contributed by atoms with Crippen LogP contribution in [0.4, 0.5) is 0 Å². The molecule has 3 aromatic heterocycles. The summed E-state index contributed by atoms with van der Waals surface area (Å²) in [5, 5.41) is 4.92. The molecular weight excluding hydrogens is 609 g/mol. The average molecular weight is 647 g/mol. The number of hydrogen-bond acceptors (Lipinski definition) is 2. The standard InChI is InChI=1S/C46H38N4/c1-4-14-41-36(5-2)30(3)47-46(48-41)33-23-26-45-40(29-33)39-28-32(22-25-44(39)50(45)35-17-10-7-11-18-35)31-21-24-43-38(27-31)37-19-12-13-20-42(37)49(43)34-15-8-6-9-16-34/h6-13,15-29H,4-5,14H2,1-3H3. The van der Waals surface area contributed by atoms with Crippen molar-refractivity contribution in [3.63, 3.8) is 0 Å². The number of rotatable bonds is 7. The van der Waals surface area contributed by atoms with Gasteiger partial charge in [0.2, 0.25) is 0 Å². The Morgan fingerprint density at radius 3 is 1.52 bits per heavy atom. The van der Waals surface area contributed by atoms with Crippen molar-refractivity contribution in [1.29, 1.82) is 0 Å². The molecule has 0 aliphatic heterocycles. The van der Waals surface area contributed by atoms with Crippen LogP contribution in [0.1, 0.15) is 37.2 Å². The molecule has 50 heavy (non-hydrogen) atoms. The van der Waals surface area contributed by atoms with Gasteiger partial charge in [0.15, 0.2) is 5.82 Å². The van der Waals surface area contributed by atoms with Gasteiger partial charge in [-0.3, -0.25) is 0 Å². The zero-order valence-electron chi connectivity index (χ0n) is 28.7. The van der Waals surface area contributed by atoms with E-state index in [-0.39, 0.29) is 0 Å². The molecule has 0 N–H and O–H groups in total. The Labute approximate surface area is 292 Å². The van der Waals surface area contributed by atoms with E-state index in [1.807, 2.05) is 0 Å². The molecule has 0 radical (unpaired) electrons. The summed E-state index contributed by atoms with van der Waals surface area (Å²) in [5.41, 5.74) is 14.1. The largest absolute Gasteiger partial charge is 0.309 e. The maximum absolute atomic E-state index is 5.14. The SMILES string of the molecule is CCCc1nc(-c2ccc3c(c2)c2cc(-c4ccc5c(c4)c4ccccc4n5-c4ccccc4)ccc2n3-c2ccccc2)nc(C)c1CC. The zero-order chi connectivity index (χ0) is 33.8. The summed E-state index contributed by atoms with van der Waals surface area (Å²) in [4.78, 5) is 10.2. The van der Waals surface area contributed by atoms with Gasteiger partial charge >= 0.3 is 0 Å². The van der Waals surface area contributed by atoms with E-state index in [4.69, 9.17) is 9.97 Å². The number of para-hydroxylation sites is 3. The number of benzene rings is 6. The first-order valence-corrected chi connectivity index (χ1v) is 17.7. The lowest BCUT2D eigenvalue weighted by Gasteiger charge is -2.12. The van der Waals surface area contributed by atoms with Crippen LogP contribution in [0.15, 0.2) is 140 Å².